The Hall–Kier alpha value is -3.24. The molecular weight excluding hydrogens is 804 g/mol. The van der Waals surface area contributed by atoms with Gasteiger partial charge in [0.25, 0.3) is 5.91 Å². The molecule has 0 saturated heterocycles. The Kier molecular flexibility index (Phi) is 11.1. The minimum Gasteiger partial charge on any atom is -0.481 e. The van der Waals surface area contributed by atoms with Crippen LogP contribution in [0.1, 0.15) is 156 Å². The van der Waals surface area contributed by atoms with Crippen LogP contribution in [0, 0.1) is 68.0 Å². The van der Waals surface area contributed by atoms with Crippen molar-refractivity contribution in [2.45, 2.75) is 164 Å². The van der Waals surface area contributed by atoms with Crippen LogP contribution in [0.5, 0.6) is 0 Å². The van der Waals surface area contributed by atoms with Crippen molar-refractivity contribution in [3.05, 3.63) is 46.0 Å². The summed E-state index contributed by atoms with van der Waals surface area (Å²) in [4.78, 5) is 66.9. The Labute approximate surface area is 373 Å². The maximum Gasteiger partial charge on any atom is 0.309 e. The van der Waals surface area contributed by atoms with Crippen LogP contribution in [0.15, 0.2) is 35.4 Å². The minimum absolute atomic E-state index is 0.00182. The van der Waals surface area contributed by atoms with Crippen LogP contribution in [0.3, 0.4) is 0 Å². The van der Waals surface area contributed by atoms with E-state index in [2.05, 4.69) is 59.1 Å². The number of hydrogen-bond acceptors (Lipinski definition) is 7. The minimum atomic E-state index is -1.05. The van der Waals surface area contributed by atoms with Crippen molar-refractivity contribution in [1.29, 1.82) is 0 Å². The number of ether oxygens (including phenoxy) is 1. The second-order valence-electron chi connectivity index (χ2n) is 23.3. The molecule has 0 spiro atoms. The first-order valence-electron chi connectivity index (χ1n) is 23.6. The molecule has 340 valence electrons. The average molecular weight is 876 g/mol. The molecule has 0 aliphatic heterocycles. The van der Waals surface area contributed by atoms with E-state index >= 15 is 0 Å². The fraction of sp³-hybridized carbons (Fsp3) is 0.745. The van der Waals surface area contributed by atoms with Gasteiger partial charge in [0.2, 0.25) is 5.91 Å². The van der Waals surface area contributed by atoms with Crippen LogP contribution < -0.4 is 10.6 Å². The zero-order valence-corrected chi connectivity index (χ0v) is 39.3. The molecule has 0 bridgehead atoms. The van der Waals surface area contributed by atoms with Crippen LogP contribution in [-0.4, -0.2) is 64.0 Å². The molecule has 7 aliphatic rings. The quantitative estimate of drug-likeness (QED) is 0.170. The number of rotatable bonds is 10. The molecule has 0 unspecified atom stereocenters. The Balaban J connectivity index is 1.01. The van der Waals surface area contributed by atoms with E-state index in [1.165, 1.54) is 0 Å². The van der Waals surface area contributed by atoms with Gasteiger partial charge in [-0.2, -0.15) is 0 Å². The van der Waals surface area contributed by atoms with Crippen LogP contribution in [0.4, 0.5) is 0 Å². The molecule has 4 N–H and O–H groups in total. The summed E-state index contributed by atoms with van der Waals surface area (Å²) in [6.07, 6.45) is 8.45. The maximum absolute atomic E-state index is 14.3. The monoisotopic (exact) mass is 874 g/mol. The normalized spacial score (nSPS) is 39.1. The Morgan fingerprint density at radius 3 is 2.10 bits per heavy atom. The number of Topliss-reactive ketones (excluding diaryl/α,β-unsaturated/α-hetero) is 1. The molecule has 0 radical (unpaired) electrons. The lowest BCUT2D eigenvalue weighted by Crippen LogP contribution is -2.66. The molecule has 10 nitrogen and oxygen atoms in total. The molecule has 6 saturated carbocycles. The number of nitrogens with one attached hydrogen (secondary N) is 2. The lowest BCUT2D eigenvalue weighted by molar-refractivity contribution is -0.238. The van der Waals surface area contributed by atoms with Gasteiger partial charge in [-0.25, -0.2) is 0 Å². The fourth-order valence-corrected chi connectivity index (χ4v) is 15.8. The summed E-state index contributed by atoms with van der Waals surface area (Å²) in [6.45, 7) is 20.0. The summed E-state index contributed by atoms with van der Waals surface area (Å²) in [7, 11) is 0. The van der Waals surface area contributed by atoms with Crippen molar-refractivity contribution in [2.24, 2.45) is 68.0 Å². The number of halogens is 1. The van der Waals surface area contributed by atoms with Gasteiger partial charge in [-0.05, 0) is 152 Å². The standard InChI is InChI=1S/C51H71ClN2O8/c1-28(2)39-34(55)26-50(37(56)27-53-44(61)51(19-10-20-51)54-41(57)29-11-13-30(52)14-12-29)24-23-48(8)31(40(39)50)15-16-36-47(7)21-18-38(46(5,6)35(47)17-22-49(36,48)9)62-43(60)33-25-32(42(58)59)45(33,3)4/h11-14,28,31-33,35-38,56H,10,15-27H2,1-9H3,(H,53,61)(H,54,57)(H,58,59)/t31-,32+,33-,35+,36-,37+,38+,47+,48-,49-,50+/m1/s1. The van der Waals surface area contributed by atoms with Crippen LogP contribution in [-0.2, 0) is 23.9 Å². The Morgan fingerprint density at radius 1 is 0.823 bits per heavy atom. The number of carboxylic acid groups (broad SMARTS) is 1. The summed E-state index contributed by atoms with van der Waals surface area (Å²) >= 11 is 6.05. The highest BCUT2D eigenvalue weighted by Gasteiger charge is 2.71. The number of fused-ring (bicyclic) bond motifs is 7. The molecule has 11 heteroatoms. The first kappa shape index (κ1) is 45.3. The van der Waals surface area contributed by atoms with E-state index < -0.39 is 40.3 Å². The number of aliphatic hydroxyl groups excluding tert-OH is 1. The molecule has 7 aliphatic carbocycles. The van der Waals surface area contributed by atoms with Crippen LogP contribution >= 0.6 is 11.6 Å². The van der Waals surface area contributed by atoms with Crippen molar-refractivity contribution < 1.29 is 38.9 Å². The van der Waals surface area contributed by atoms with E-state index in [0.717, 1.165) is 62.5 Å². The number of allylic oxidation sites excluding steroid dienone is 1. The number of aliphatic hydroxyl groups is 1. The van der Waals surface area contributed by atoms with Gasteiger partial charge in [0.1, 0.15) is 11.6 Å². The first-order chi connectivity index (χ1) is 28.9. The molecule has 62 heavy (non-hydrogen) atoms. The van der Waals surface area contributed by atoms with Crippen molar-refractivity contribution in [3.8, 4) is 0 Å². The number of ketones is 1. The second-order valence-corrected chi connectivity index (χ2v) is 23.7. The van der Waals surface area contributed by atoms with Gasteiger partial charge in [0.15, 0.2) is 5.78 Å². The number of aliphatic carboxylic acids is 1. The molecule has 0 heterocycles. The number of amides is 2. The smallest absolute Gasteiger partial charge is 0.309 e. The zero-order valence-electron chi connectivity index (χ0n) is 38.5. The predicted molar refractivity (Wildman–Crippen MR) is 237 cm³/mol. The Morgan fingerprint density at radius 2 is 1.50 bits per heavy atom. The highest BCUT2D eigenvalue weighted by molar-refractivity contribution is 6.30. The molecule has 11 atom stereocenters. The summed E-state index contributed by atoms with van der Waals surface area (Å²) in [5, 5.41) is 28.7. The number of benzene rings is 1. The van der Waals surface area contributed by atoms with Crippen LogP contribution in [0.25, 0.3) is 0 Å². The summed E-state index contributed by atoms with van der Waals surface area (Å²) in [5.41, 5.74) is -0.407. The SMILES string of the molecule is CC(C)C1=C2[C@H]3CC[C@@H]4[C@@]5(C)CC[C@H](OC(=O)[C@H]6C[C@@H](C(=O)O)C6(C)C)C(C)(C)[C@@H]5CC[C@@]4(C)[C@]3(C)CC[C@@]2([C@@H](O)CNC(=O)C2(NC(=O)c3ccc(Cl)cc3)CCC2)CC1=O. The molecule has 1 aromatic carbocycles. The number of carboxylic acids is 1. The van der Waals surface area contributed by atoms with E-state index in [1.54, 1.807) is 24.3 Å². The highest BCUT2D eigenvalue weighted by atomic mass is 35.5. The summed E-state index contributed by atoms with van der Waals surface area (Å²) < 4.78 is 6.42. The second kappa shape index (κ2) is 15.2. The van der Waals surface area contributed by atoms with Gasteiger partial charge in [-0.15, -0.1) is 0 Å². The van der Waals surface area contributed by atoms with E-state index in [4.69, 9.17) is 16.3 Å². The van der Waals surface area contributed by atoms with Gasteiger partial charge in [-0.1, -0.05) is 79.5 Å². The van der Waals surface area contributed by atoms with E-state index in [0.29, 0.717) is 48.1 Å². The number of carbonyl (C=O) groups excluding carboxylic acids is 4. The van der Waals surface area contributed by atoms with Crippen LogP contribution in [0.2, 0.25) is 5.02 Å². The van der Waals surface area contributed by atoms with Gasteiger partial charge >= 0.3 is 11.9 Å². The van der Waals surface area contributed by atoms with Gasteiger partial charge < -0.3 is 25.6 Å². The topological polar surface area (TPSA) is 159 Å². The number of esters is 1. The molecule has 1 aromatic rings. The lowest BCUT2D eigenvalue weighted by Gasteiger charge is -2.72. The van der Waals surface area contributed by atoms with Gasteiger partial charge in [-0.3, -0.25) is 24.0 Å². The molecular formula is C51H71ClN2O8. The molecule has 8 rings (SSSR count). The number of carbonyl (C=O) groups is 5. The maximum atomic E-state index is 14.3. The third kappa shape index (κ3) is 6.50. The average Bonchev–Trinajstić information content (AvgIpc) is 3.49. The molecule has 2 amide bonds. The highest BCUT2D eigenvalue weighted by Crippen LogP contribution is 2.77. The molecule has 0 aromatic heterocycles. The van der Waals surface area contributed by atoms with Crippen molar-refractivity contribution in [2.75, 3.05) is 6.54 Å². The van der Waals surface area contributed by atoms with Crippen molar-refractivity contribution in [3.63, 3.8) is 0 Å². The third-order valence-corrected chi connectivity index (χ3v) is 20.0. The third-order valence-electron chi connectivity index (χ3n) is 19.7. The fourth-order valence-electron chi connectivity index (χ4n) is 15.6. The number of hydrogen-bond donors (Lipinski definition) is 4. The van der Waals surface area contributed by atoms with E-state index in [9.17, 15) is 34.2 Å². The Bertz CT molecular complexity index is 2070. The summed E-state index contributed by atoms with van der Waals surface area (Å²) in [5.74, 6) is -1.69. The van der Waals surface area contributed by atoms with Gasteiger partial charge in [0.05, 0.1) is 17.9 Å². The summed E-state index contributed by atoms with van der Waals surface area (Å²) in [6, 6.07) is 6.58. The molecule has 6 fully saturated rings. The van der Waals surface area contributed by atoms with Crippen molar-refractivity contribution in [1.82, 2.24) is 10.6 Å². The largest absolute Gasteiger partial charge is 0.481 e. The lowest BCUT2D eigenvalue weighted by atomic mass is 9.33. The van der Waals surface area contributed by atoms with Gasteiger partial charge in [0, 0.05) is 34.4 Å². The van der Waals surface area contributed by atoms with E-state index in [-0.39, 0.29) is 76.1 Å². The first-order valence-corrected chi connectivity index (χ1v) is 24.0. The van der Waals surface area contributed by atoms with E-state index in [1.807, 2.05) is 13.8 Å². The van der Waals surface area contributed by atoms with Crippen molar-refractivity contribution >= 4 is 41.1 Å². The zero-order chi connectivity index (χ0) is 45.2. The predicted octanol–water partition coefficient (Wildman–Crippen LogP) is 9.11.